The number of aliphatic hydroxyl groups excluding tert-OH is 1. The Morgan fingerprint density at radius 3 is 2.47 bits per heavy atom. The normalized spacial score (nSPS) is 19.0. The number of unbranched alkanes of at least 4 members (excludes halogenated alkanes) is 1. The van der Waals surface area contributed by atoms with Gasteiger partial charge in [0.15, 0.2) is 5.82 Å². The van der Waals surface area contributed by atoms with E-state index in [0.717, 1.165) is 34.5 Å². The van der Waals surface area contributed by atoms with Crippen LogP contribution < -0.4 is 25.6 Å². The Morgan fingerprint density at radius 1 is 1.00 bits per heavy atom. The van der Waals surface area contributed by atoms with Crippen molar-refractivity contribution < 1.29 is 42.9 Å². The van der Waals surface area contributed by atoms with Crippen LogP contribution in [0.3, 0.4) is 0 Å². The molecule has 19 heteroatoms. The van der Waals surface area contributed by atoms with Gasteiger partial charge in [-0.25, -0.2) is 13.8 Å². The van der Waals surface area contributed by atoms with Crippen LogP contribution >= 0.6 is 11.3 Å². The average Bonchev–Trinajstić information content (AvgIpc) is 4.09. The van der Waals surface area contributed by atoms with Crippen LogP contribution in [0, 0.1) is 36.3 Å². The number of benzene rings is 3. The van der Waals surface area contributed by atoms with Crippen LogP contribution in [-0.2, 0) is 25.7 Å². The Morgan fingerprint density at radius 2 is 1.75 bits per heavy atom. The number of carbonyl (C=O) groups is 3. The Balaban J connectivity index is 0.788. The van der Waals surface area contributed by atoms with Crippen molar-refractivity contribution in [2.45, 2.75) is 103 Å². The number of anilines is 1. The molecule has 6 heterocycles. The van der Waals surface area contributed by atoms with Crippen LogP contribution in [0.4, 0.5) is 14.6 Å². The lowest BCUT2D eigenvalue weighted by atomic mass is 9.85. The number of ether oxygens (including phenoxy) is 2. The number of likely N-dealkylation sites (tertiary alicyclic amines) is 1. The molecule has 0 radical (unpaired) electrons. The van der Waals surface area contributed by atoms with Gasteiger partial charge in [-0.05, 0) is 72.7 Å². The maximum Gasteiger partial charge on any atom is 0.319 e. The SMILES string of the molecule is C#Cc1c(F)ccc2cc(O)cc(-c3ncc4c(N5CC6CCC(C5)N6)nc(OCCCCOCCC(=O)NC(C(=O)N5C[C@H](O)C[C@@H]5C(=O)NCc5ccc(-c6scnc6C)cc5)C(C)(C)C)nc4c3F)c12. The highest BCUT2D eigenvalue weighted by Gasteiger charge is 2.44. The average molecular weight is 1020 g/mol. The zero-order valence-corrected chi connectivity index (χ0v) is 42.0. The Labute approximate surface area is 425 Å². The summed E-state index contributed by atoms with van der Waals surface area (Å²) in [6.45, 7) is 9.48. The Kier molecular flexibility index (Phi) is 15.2. The number of phenolic OH excluding ortho intramolecular Hbond substituents is 1. The highest BCUT2D eigenvalue weighted by molar-refractivity contribution is 7.13. The number of halogens is 2. The van der Waals surface area contributed by atoms with Crippen molar-refractivity contribution in [3.05, 3.63) is 88.7 Å². The topological polar surface area (TPSA) is 204 Å². The van der Waals surface area contributed by atoms with Gasteiger partial charge in [-0.3, -0.25) is 19.4 Å². The maximum atomic E-state index is 16.9. The molecule has 3 aliphatic heterocycles. The number of pyridine rings is 1. The summed E-state index contributed by atoms with van der Waals surface area (Å²) in [6.07, 6.45) is 9.44. The molecule has 73 heavy (non-hydrogen) atoms. The molecule has 3 amide bonds. The van der Waals surface area contributed by atoms with Gasteiger partial charge in [-0.2, -0.15) is 9.97 Å². The predicted octanol–water partition coefficient (Wildman–Crippen LogP) is 6.56. The largest absolute Gasteiger partial charge is 0.508 e. The van der Waals surface area contributed by atoms with Gasteiger partial charge < -0.3 is 45.4 Å². The molecule has 3 fully saturated rings. The van der Waals surface area contributed by atoms with Crippen molar-refractivity contribution in [1.82, 2.24) is 40.8 Å². The summed E-state index contributed by atoms with van der Waals surface area (Å²) in [5.74, 6) is -0.0472. The number of fused-ring (bicyclic) bond motifs is 4. The minimum Gasteiger partial charge on any atom is -0.508 e. The number of terminal acetylenes is 1. The third kappa shape index (κ3) is 11.2. The van der Waals surface area contributed by atoms with Crippen molar-refractivity contribution >= 4 is 56.6 Å². The lowest BCUT2D eigenvalue weighted by molar-refractivity contribution is -0.144. The summed E-state index contributed by atoms with van der Waals surface area (Å²) in [4.78, 5) is 63.5. The fraction of sp³-hybridized carbons (Fsp3) is 0.426. The second-order valence-electron chi connectivity index (χ2n) is 20.1. The molecule has 3 unspecified atom stereocenters. The van der Waals surface area contributed by atoms with E-state index in [1.54, 1.807) is 16.8 Å². The number of hydrogen-bond donors (Lipinski definition) is 5. The standard InChI is InChI=1S/C54H59F2N9O7S/c1-6-38-41(55)16-13-33-21-36(66)22-39(44(33)38)46-45(56)47-40(25-57-46)50(64-26-34-14-15-35(27-64)60-34)63-53(62-47)72-19-8-7-18-71-20-17-43(68)61-49(54(3,4)5)52(70)65-28-37(67)23-42(65)51(69)58-24-31-9-11-32(12-10-31)48-30(2)59-29-73-48/h1,9-13,16,21-22,25,29,34-35,37,42,49,60,66-67H,7-8,14-15,17-20,23-24,26-28H2,2-5H3,(H,58,69)(H,61,68)/t34?,35?,37-,42-,49?/m1/s1. The maximum absolute atomic E-state index is 16.9. The van der Waals surface area contributed by atoms with Crippen LogP contribution in [0.25, 0.3) is 43.4 Å². The van der Waals surface area contributed by atoms with E-state index in [9.17, 15) is 29.0 Å². The van der Waals surface area contributed by atoms with Crippen molar-refractivity contribution in [3.8, 4) is 45.8 Å². The summed E-state index contributed by atoms with van der Waals surface area (Å²) in [5.41, 5.74) is 3.75. The summed E-state index contributed by atoms with van der Waals surface area (Å²) >= 11 is 1.56. The van der Waals surface area contributed by atoms with E-state index >= 15 is 4.39 Å². The molecule has 5 atom stereocenters. The first-order valence-electron chi connectivity index (χ1n) is 24.6. The number of hydrogen-bond acceptors (Lipinski definition) is 14. The lowest BCUT2D eigenvalue weighted by Crippen LogP contribution is -2.57. The molecule has 3 aromatic carbocycles. The van der Waals surface area contributed by atoms with Crippen LogP contribution in [0.5, 0.6) is 11.8 Å². The van der Waals surface area contributed by atoms with E-state index < -0.39 is 47.1 Å². The van der Waals surface area contributed by atoms with Crippen molar-refractivity contribution in [3.63, 3.8) is 0 Å². The lowest BCUT2D eigenvalue weighted by Gasteiger charge is -2.35. The molecule has 16 nitrogen and oxygen atoms in total. The molecular formula is C54H59F2N9O7S. The number of piperazine rings is 1. The second kappa shape index (κ2) is 21.7. The monoisotopic (exact) mass is 1020 g/mol. The summed E-state index contributed by atoms with van der Waals surface area (Å²) in [5, 5.41) is 31.7. The molecule has 382 valence electrons. The van der Waals surface area contributed by atoms with Gasteiger partial charge in [0.25, 0.3) is 0 Å². The summed E-state index contributed by atoms with van der Waals surface area (Å²) < 4.78 is 43.8. The van der Waals surface area contributed by atoms with E-state index in [4.69, 9.17) is 20.9 Å². The first-order valence-corrected chi connectivity index (χ1v) is 25.5. The van der Waals surface area contributed by atoms with E-state index in [-0.39, 0.29) is 96.6 Å². The number of nitrogens with zero attached hydrogens (tertiary/aromatic N) is 6. The first-order chi connectivity index (χ1) is 35.1. The number of thiazole rings is 1. The number of aromatic nitrogens is 4. The Hall–Kier alpha value is -6.85. The van der Waals surface area contributed by atoms with Gasteiger partial charge in [-0.1, -0.05) is 57.0 Å². The number of aliphatic hydroxyl groups is 1. The smallest absolute Gasteiger partial charge is 0.319 e. The van der Waals surface area contributed by atoms with E-state index in [1.807, 2.05) is 52.0 Å². The molecule has 3 aromatic heterocycles. The number of amides is 3. The number of carbonyl (C=O) groups excluding carboxylic acids is 3. The predicted molar refractivity (Wildman–Crippen MR) is 274 cm³/mol. The first kappa shape index (κ1) is 51.1. The highest BCUT2D eigenvalue weighted by atomic mass is 32.1. The summed E-state index contributed by atoms with van der Waals surface area (Å²) in [6, 6.07) is 11.8. The van der Waals surface area contributed by atoms with Crippen LogP contribution in [0.2, 0.25) is 0 Å². The minimum atomic E-state index is -0.978. The number of rotatable bonds is 17. The zero-order chi connectivity index (χ0) is 51.6. The van der Waals surface area contributed by atoms with Gasteiger partial charge in [-0.15, -0.1) is 17.8 Å². The van der Waals surface area contributed by atoms with Crippen LogP contribution in [0.1, 0.15) is 76.1 Å². The van der Waals surface area contributed by atoms with Crippen molar-refractivity contribution in [1.29, 1.82) is 0 Å². The van der Waals surface area contributed by atoms with E-state index in [0.29, 0.717) is 49.1 Å². The highest BCUT2D eigenvalue weighted by Crippen LogP contribution is 2.39. The number of β-amino-alcohol motifs (C(OH)–C–C–N with tert-alkyl or cyclic N) is 1. The molecule has 6 aromatic rings. The fourth-order valence-corrected chi connectivity index (χ4v) is 10.8. The second-order valence-corrected chi connectivity index (χ2v) is 20.9. The Bertz CT molecular complexity index is 3080. The van der Waals surface area contributed by atoms with Crippen LogP contribution in [0.15, 0.2) is 60.2 Å². The van der Waals surface area contributed by atoms with E-state index in [2.05, 4.69) is 41.7 Å². The number of phenols is 1. The molecule has 0 aliphatic carbocycles. The summed E-state index contributed by atoms with van der Waals surface area (Å²) in [7, 11) is 0. The molecule has 5 N–H and O–H groups in total. The van der Waals surface area contributed by atoms with Crippen molar-refractivity contribution in [2.75, 3.05) is 44.4 Å². The van der Waals surface area contributed by atoms with Gasteiger partial charge in [0, 0.05) is 74.9 Å². The third-order valence-electron chi connectivity index (χ3n) is 13.7. The minimum absolute atomic E-state index is 0.0223. The number of aromatic hydroxyl groups is 1. The van der Waals surface area contributed by atoms with Gasteiger partial charge in [0.1, 0.15) is 40.7 Å². The van der Waals surface area contributed by atoms with Gasteiger partial charge in [0.05, 0.1) is 46.3 Å². The zero-order valence-electron chi connectivity index (χ0n) is 41.2. The van der Waals surface area contributed by atoms with Crippen molar-refractivity contribution in [2.24, 2.45) is 5.41 Å². The third-order valence-corrected chi connectivity index (χ3v) is 14.7. The fourth-order valence-electron chi connectivity index (χ4n) is 9.99. The molecule has 0 spiro atoms. The molecule has 9 rings (SSSR count). The van der Waals surface area contributed by atoms with Gasteiger partial charge >= 0.3 is 6.01 Å². The quantitative estimate of drug-likeness (QED) is 0.0486. The molecule has 0 saturated carbocycles. The van der Waals surface area contributed by atoms with Gasteiger partial charge in [0.2, 0.25) is 17.7 Å². The molecular weight excluding hydrogens is 957 g/mol. The molecule has 2 bridgehead atoms. The number of nitrogens with one attached hydrogen (secondary N) is 3. The number of aryl methyl sites for hydroxylation is 1. The van der Waals surface area contributed by atoms with E-state index in [1.165, 1.54) is 35.4 Å². The van der Waals surface area contributed by atoms with Crippen LogP contribution in [-0.4, -0.2) is 122 Å². The molecule has 3 saturated heterocycles. The molecule has 3 aliphatic rings.